The van der Waals surface area contributed by atoms with Crippen molar-refractivity contribution in [3.63, 3.8) is 0 Å². The lowest BCUT2D eigenvalue weighted by atomic mass is 10.2. The molecule has 2 heterocycles. The first-order valence-corrected chi connectivity index (χ1v) is 8.33. The van der Waals surface area contributed by atoms with Gasteiger partial charge in [0.1, 0.15) is 12.4 Å². The number of benzene rings is 1. The third-order valence-electron chi connectivity index (χ3n) is 4.12. The Hall–Kier alpha value is -2.19. The highest BCUT2D eigenvalue weighted by Gasteiger charge is 2.46. The number of halogens is 3. The predicted octanol–water partition coefficient (Wildman–Crippen LogP) is 2.92. The van der Waals surface area contributed by atoms with Crippen LogP contribution < -0.4 is 14.4 Å². The van der Waals surface area contributed by atoms with Gasteiger partial charge >= 0.3 is 0 Å². The van der Waals surface area contributed by atoms with Crippen LogP contribution in [0, 0.1) is 0 Å². The maximum atomic E-state index is 13.8. The number of aliphatic hydroxyl groups excluding tert-OH is 1. The van der Waals surface area contributed by atoms with E-state index < -0.39 is 31.5 Å². The second-order valence-electron chi connectivity index (χ2n) is 5.99. The van der Waals surface area contributed by atoms with Gasteiger partial charge in [-0.05, 0) is 29.3 Å². The number of nitrogens with zero attached hydrogens (tertiary/aromatic N) is 3. The van der Waals surface area contributed by atoms with E-state index in [0.717, 1.165) is 5.56 Å². The molecule has 6 nitrogen and oxygen atoms in total. The smallest absolute Gasteiger partial charge is 0.267 e. The zero-order valence-corrected chi connectivity index (χ0v) is 14.8. The van der Waals surface area contributed by atoms with E-state index in [1.54, 1.807) is 19.2 Å². The quantitative estimate of drug-likeness (QED) is 0.771. The average molecular weight is 386 g/mol. The van der Waals surface area contributed by atoms with Gasteiger partial charge in [-0.25, -0.2) is 13.8 Å². The maximum Gasteiger partial charge on any atom is 0.267 e. The van der Waals surface area contributed by atoms with Crippen molar-refractivity contribution in [2.75, 3.05) is 25.2 Å². The fraction of sp³-hybridized carbons (Fsp3) is 0.412. The number of hydrogen-bond acceptors (Lipinski definition) is 6. The number of aliphatic hydroxyl groups is 1. The molecule has 140 valence electrons. The van der Waals surface area contributed by atoms with Gasteiger partial charge in [0.15, 0.2) is 11.6 Å². The van der Waals surface area contributed by atoms with Gasteiger partial charge in [0.2, 0.25) is 5.28 Å². The molecule has 1 aromatic carbocycles. The summed E-state index contributed by atoms with van der Waals surface area (Å²) in [6.07, 6.45) is 0.891. The number of alkyl halides is 2. The van der Waals surface area contributed by atoms with E-state index in [2.05, 4.69) is 9.97 Å². The van der Waals surface area contributed by atoms with Crippen LogP contribution in [0.3, 0.4) is 0 Å². The Kier molecular flexibility index (Phi) is 5.43. The van der Waals surface area contributed by atoms with Crippen molar-refractivity contribution in [2.45, 2.75) is 25.0 Å². The normalized spacial score (nSPS) is 18.8. The van der Waals surface area contributed by atoms with Crippen LogP contribution in [0.5, 0.6) is 11.5 Å². The molecule has 0 bridgehead atoms. The molecule has 1 atom stereocenters. The van der Waals surface area contributed by atoms with Gasteiger partial charge in [-0.15, -0.1) is 0 Å². The van der Waals surface area contributed by atoms with Crippen LogP contribution in [-0.4, -0.2) is 47.3 Å². The van der Waals surface area contributed by atoms with Crippen molar-refractivity contribution in [1.29, 1.82) is 0 Å². The van der Waals surface area contributed by atoms with Gasteiger partial charge in [-0.1, -0.05) is 12.1 Å². The van der Waals surface area contributed by atoms with Crippen LogP contribution in [0.2, 0.25) is 5.28 Å². The summed E-state index contributed by atoms with van der Waals surface area (Å²) in [5.74, 6) is -1.83. The monoisotopic (exact) mass is 385 g/mol. The van der Waals surface area contributed by atoms with E-state index in [0.29, 0.717) is 5.75 Å². The molecule has 1 saturated heterocycles. The Labute approximate surface area is 154 Å². The Balaban J connectivity index is 1.81. The number of hydrogen-bond donors (Lipinski definition) is 1. The first kappa shape index (κ1) is 18.6. The summed E-state index contributed by atoms with van der Waals surface area (Å²) in [6, 6.07) is 6.48. The summed E-state index contributed by atoms with van der Waals surface area (Å²) in [5.41, 5.74) is 0.858. The average Bonchev–Trinajstić information content (AvgIpc) is 2.95. The van der Waals surface area contributed by atoms with Gasteiger partial charge in [0, 0.05) is 6.42 Å². The fourth-order valence-electron chi connectivity index (χ4n) is 2.84. The summed E-state index contributed by atoms with van der Waals surface area (Å²) in [7, 11) is 1.58. The fourth-order valence-corrected chi connectivity index (χ4v) is 2.97. The number of rotatable bonds is 6. The molecule has 1 aliphatic heterocycles. The van der Waals surface area contributed by atoms with Crippen molar-refractivity contribution in [3.05, 3.63) is 41.3 Å². The summed E-state index contributed by atoms with van der Waals surface area (Å²) >= 11 is 5.84. The minimum atomic E-state index is -2.92. The van der Waals surface area contributed by atoms with Gasteiger partial charge in [-0.3, -0.25) is 0 Å². The van der Waals surface area contributed by atoms with Gasteiger partial charge < -0.3 is 19.5 Å². The zero-order valence-electron chi connectivity index (χ0n) is 14.0. The Morgan fingerprint density at radius 1 is 1.35 bits per heavy atom. The summed E-state index contributed by atoms with van der Waals surface area (Å²) in [5, 5.41) is 9.36. The Morgan fingerprint density at radius 2 is 2.08 bits per heavy atom. The molecular weight excluding hydrogens is 368 g/mol. The molecule has 0 radical (unpaired) electrons. The molecule has 0 unspecified atom stereocenters. The standard InChI is InChI=1S/C17H18ClF2N3O3/c1-25-13-4-2-11(3-5-13)9-26-14-7-21-16(18)22-15(14)23-10-17(19,20)6-12(23)8-24/h2-5,7,12,24H,6,8-10H2,1H3/t12-/m0/s1. The second kappa shape index (κ2) is 7.59. The highest BCUT2D eigenvalue weighted by Crippen LogP contribution is 2.38. The molecular formula is C17H18ClF2N3O3. The number of anilines is 1. The van der Waals surface area contributed by atoms with Crippen molar-refractivity contribution in [1.82, 2.24) is 9.97 Å². The van der Waals surface area contributed by atoms with Crippen LogP contribution in [0.4, 0.5) is 14.6 Å². The zero-order chi connectivity index (χ0) is 18.7. The maximum absolute atomic E-state index is 13.8. The molecule has 9 heteroatoms. The van der Waals surface area contributed by atoms with Crippen molar-refractivity contribution >= 4 is 17.4 Å². The minimum absolute atomic E-state index is 0.0799. The van der Waals surface area contributed by atoms with E-state index in [1.165, 1.54) is 11.1 Å². The summed E-state index contributed by atoms with van der Waals surface area (Å²) < 4.78 is 38.4. The first-order valence-electron chi connectivity index (χ1n) is 7.95. The molecule has 3 rings (SSSR count). The molecule has 0 amide bonds. The van der Waals surface area contributed by atoms with Crippen LogP contribution in [0.1, 0.15) is 12.0 Å². The molecule has 2 aromatic rings. The molecule has 0 aliphatic carbocycles. The molecule has 1 N–H and O–H groups in total. The van der Waals surface area contributed by atoms with E-state index in [4.69, 9.17) is 21.1 Å². The lowest BCUT2D eigenvalue weighted by Crippen LogP contribution is -2.34. The molecule has 1 aliphatic rings. The minimum Gasteiger partial charge on any atom is -0.497 e. The second-order valence-corrected chi connectivity index (χ2v) is 6.33. The van der Waals surface area contributed by atoms with Crippen LogP contribution in [-0.2, 0) is 6.61 Å². The van der Waals surface area contributed by atoms with Gasteiger partial charge in [0.25, 0.3) is 5.92 Å². The lowest BCUT2D eigenvalue weighted by Gasteiger charge is -2.25. The van der Waals surface area contributed by atoms with E-state index in [1.807, 2.05) is 12.1 Å². The lowest BCUT2D eigenvalue weighted by molar-refractivity contribution is 0.0201. The van der Waals surface area contributed by atoms with Crippen LogP contribution in [0.25, 0.3) is 0 Å². The van der Waals surface area contributed by atoms with E-state index in [-0.39, 0.29) is 23.5 Å². The summed E-state index contributed by atoms with van der Waals surface area (Å²) in [4.78, 5) is 9.24. The van der Waals surface area contributed by atoms with Crippen LogP contribution in [0.15, 0.2) is 30.5 Å². The van der Waals surface area contributed by atoms with E-state index >= 15 is 0 Å². The first-order chi connectivity index (χ1) is 12.4. The van der Waals surface area contributed by atoms with Crippen molar-refractivity contribution in [3.8, 4) is 11.5 Å². The topological polar surface area (TPSA) is 67.7 Å². The summed E-state index contributed by atoms with van der Waals surface area (Å²) in [6.45, 7) is -0.796. The van der Waals surface area contributed by atoms with Crippen molar-refractivity contribution in [2.24, 2.45) is 0 Å². The highest BCUT2D eigenvalue weighted by molar-refractivity contribution is 6.28. The van der Waals surface area contributed by atoms with Crippen molar-refractivity contribution < 1.29 is 23.4 Å². The third-order valence-corrected chi connectivity index (χ3v) is 4.30. The van der Waals surface area contributed by atoms with Crippen LogP contribution >= 0.6 is 11.6 Å². The molecule has 1 fully saturated rings. The van der Waals surface area contributed by atoms with Gasteiger partial charge in [0.05, 0.1) is 32.5 Å². The largest absolute Gasteiger partial charge is 0.497 e. The third kappa shape index (κ3) is 4.13. The highest BCUT2D eigenvalue weighted by atomic mass is 35.5. The SMILES string of the molecule is COc1ccc(COc2cnc(Cl)nc2N2CC(F)(F)C[C@H]2CO)cc1. The number of methoxy groups -OCH3 is 1. The molecule has 0 saturated carbocycles. The molecule has 1 aromatic heterocycles. The number of ether oxygens (including phenoxy) is 2. The predicted molar refractivity (Wildman–Crippen MR) is 92.2 cm³/mol. The number of aromatic nitrogens is 2. The Bertz CT molecular complexity index is 761. The Morgan fingerprint density at radius 3 is 2.73 bits per heavy atom. The van der Waals surface area contributed by atoms with E-state index in [9.17, 15) is 13.9 Å². The van der Waals surface area contributed by atoms with Gasteiger partial charge in [-0.2, -0.15) is 4.98 Å². The molecule has 26 heavy (non-hydrogen) atoms. The molecule has 0 spiro atoms.